The highest BCUT2D eigenvalue weighted by molar-refractivity contribution is 6.29. The van der Waals surface area contributed by atoms with E-state index in [4.69, 9.17) is 11.6 Å². The molecule has 2 aromatic heterocycles. The molecule has 0 unspecified atom stereocenters. The molecule has 1 saturated carbocycles. The molecule has 2 aromatic rings. The van der Waals surface area contributed by atoms with Crippen LogP contribution in [0.2, 0.25) is 5.15 Å². The Hall–Kier alpha value is -2.06. The number of halogens is 4. The maximum absolute atomic E-state index is 12.3. The summed E-state index contributed by atoms with van der Waals surface area (Å²) in [4.78, 5) is 8.10. The minimum atomic E-state index is -4.76. The van der Waals surface area contributed by atoms with Crippen LogP contribution >= 0.6 is 11.6 Å². The van der Waals surface area contributed by atoms with E-state index >= 15 is 0 Å². The molecule has 0 aromatic carbocycles. The summed E-state index contributed by atoms with van der Waals surface area (Å²) in [5.41, 5.74) is 1.11. The zero-order chi connectivity index (χ0) is 19.7. The van der Waals surface area contributed by atoms with Crippen LogP contribution in [-0.4, -0.2) is 33.1 Å². The number of pyridine rings is 2. The summed E-state index contributed by atoms with van der Waals surface area (Å²) >= 11 is 6.01. The molecule has 2 N–H and O–H groups in total. The van der Waals surface area contributed by atoms with Crippen molar-refractivity contribution < 1.29 is 23.0 Å². The molecule has 3 rings (SSSR count). The van der Waals surface area contributed by atoms with Crippen LogP contribution in [0.1, 0.15) is 32.6 Å². The van der Waals surface area contributed by atoms with Gasteiger partial charge in [-0.2, -0.15) is 0 Å². The van der Waals surface area contributed by atoms with Crippen LogP contribution in [0, 0.1) is 0 Å². The monoisotopic (exact) mass is 401 g/mol. The van der Waals surface area contributed by atoms with Crippen LogP contribution in [0.15, 0.2) is 30.6 Å². The predicted octanol–water partition coefficient (Wildman–Crippen LogP) is 4.80. The third kappa shape index (κ3) is 5.46. The zero-order valence-electron chi connectivity index (χ0n) is 14.6. The van der Waals surface area contributed by atoms with Crippen molar-refractivity contribution in [1.29, 1.82) is 0 Å². The van der Waals surface area contributed by atoms with Crippen molar-refractivity contribution in [3.05, 3.63) is 35.7 Å². The highest BCUT2D eigenvalue weighted by Crippen LogP contribution is 2.34. The lowest BCUT2D eigenvalue weighted by atomic mass is 9.83. The lowest BCUT2D eigenvalue weighted by molar-refractivity contribution is -0.274. The van der Waals surface area contributed by atoms with E-state index in [1.807, 2.05) is 6.92 Å². The number of nitrogens with one attached hydrogen (secondary N) is 1. The molecule has 1 fully saturated rings. The Labute approximate surface area is 159 Å². The van der Waals surface area contributed by atoms with E-state index in [2.05, 4.69) is 20.0 Å². The van der Waals surface area contributed by atoms with Crippen LogP contribution in [0.5, 0.6) is 5.75 Å². The second-order valence-corrected chi connectivity index (χ2v) is 7.28. The fraction of sp³-hybridized carbons (Fsp3) is 0.444. The Morgan fingerprint density at radius 1 is 1.22 bits per heavy atom. The van der Waals surface area contributed by atoms with E-state index in [1.54, 1.807) is 6.07 Å². The van der Waals surface area contributed by atoms with Crippen LogP contribution in [0.4, 0.5) is 18.9 Å². The lowest BCUT2D eigenvalue weighted by Crippen LogP contribution is -2.35. The number of aromatic nitrogens is 2. The van der Waals surface area contributed by atoms with Gasteiger partial charge in [0.1, 0.15) is 10.9 Å². The van der Waals surface area contributed by atoms with Gasteiger partial charge in [0.2, 0.25) is 0 Å². The summed E-state index contributed by atoms with van der Waals surface area (Å²) in [7, 11) is 0. The van der Waals surface area contributed by atoms with Crippen molar-refractivity contribution in [2.45, 2.75) is 50.6 Å². The van der Waals surface area contributed by atoms with Crippen LogP contribution in [-0.2, 0) is 0 Å². The summed E-state index contributed by atoms with van der Waals surface area (Å²) in [5, 5.41) is 13.8. The average Bonchev–Trinajstić information content (AvgIpc) is 2.57. The third-order valence-electron chi connectivity index (χ3n) is 4.54. The zero-order valence-corrected chi connectivity index (χ0v) is 15.3. The Morgan fingerprint density at radius 3 is 2.52 bits per heavy atom. The van der Waals surface area contributed by atoms with Gasteiger partial charge in [-0.05, 0) is 50.8 Å². The van der Waals surface area contributed by atoms with Crippen molar-refractivity contribution in [3.63, 3.8) is 0 Å². The first kappa shape index (κ1) is 19.7. The maximum atomic E-state index is 12.3. The van der Waals surface area contributed by atoms with Crippen molar-refractivity contribution in [1.82, 2.24) is 9.97 Å². The quantitative estimate of drug-likeness (QED) is 0.720. The van der Waals surface area contributed by atoms with Crippen molar-refractivity contribution in [2.24, 2.45) is 0 Å². The number of alkyl halides is 3. The molecular weight excluding hydrogens is 383 g/mol. The molecule has 1 aliphatic carbocycles. The first-order valence-electron chi connectivity index (χ1n) is 8.48. The molecule has 0 radical (unpaired) electrons. The Balaban J connectivity index is 1.80. The predicted molar refractivity (Wildman–Crippen MR) is 95.7 cm³/mol. The Morgan fingerprint density at radius 2 is 1.93 bits per heavy atom. The van der Waals surface area contributed by atoms with E-state index in [-0.39, 0.29) is 6.04 Å². The number of aliphatic hydroxyl groups is 1. The standard InChI is InChI=1S/C18H19ClF3N3O2/c1-17(26)6-4-11(5-7-17)25-15-8-16(19)24-10-13(15)14-3-2-12(9-23-14)27-18(20,21)22/h2-3,8-11,26H,4-7H2,1H3,(H,24,25). The van der Waals surface area contributed by atoms with Crippen molar-refractivity contribution in [2.75, 3.05) is 5.32 Å². The van der Waals surface area contributed by atoms with Gasteiger partial charge >= 0.3 is 6.36 Å². The lowest BCUT2D eigenvalue weighted by Gasteiger charge is -2.34. The molecule has 0 atom stereocenters. The molecule has 0 amide bonds. The van der Waals surface area contributed by atoms with Gasteiger partial charge in [0.15, 0.2) is 0 Å². The summed E-state index contributed by atoms with van der Waals surface area (Å²) < 4.78 is 40.7. The number of anilines is 1. The SMILES string of the molecule is CC1(O)CCC(Nc2cc(Cl)ncc2-c2ccc(OC(F)(F)F)cn2)CC1. The molecule has 9 heteroatoms. The molecule has 27 heavy (non-hydrogen) atoms. The number of nitrogens with zero attached hydrogens (tertiary/aromatic N) is 2. The topological polar surface area (TPSA) is 67.3 Å². The molecule has 146 valence electrons. The van der Waals surface area contributed by atoms with Gasteiger partial charge in [-0.15, -0.1) is 13.2 Å². The van der Waals surface area contributed by atoms with Crippen LogP contribution < -0.4 is 10.1 Å². The summed E-state index contributed by atoms with van der Waals surface area (Å²) in [6, 6.07) is 4.44. The molecule has 0 spiro atoms. The van der Waals surface area contributed by atoms with Gasteiger partial charge in [0, 0.05) is 23.5 Å². The van der Waals surface area contributed by atoms with E-state index in [0.29, 0.717) is 34.9 Å². The Bertz CT molecular complexity index is 787. The molecule has 5 nitrogen and oxygen atoms in total. The number of hydrogen-bond acceptors (Lipinski definition) is 5. The van der Waals surface area contributed by atoms with Gasteiger partial charge in [0.25, 0.3) is 0 Å². The first-order chi connectivity index (χ1) is 12.6. The second-order valence-electron chi connectivity index (χ2n) is 6.90. The highest BCUT2D eigenvalue weighted by atomic mass is 35.5. The van der Waals surface area contributed by atoms with Gasteiger partial charge < -0.3 is 15.2 Å². The average molecular weight is 402 g/mol. The normalized spacial score (nSPS) is 23.1. The molecular formula is C18H19ClF3N3O2. The maximum Gasteiger partial charge on any atom is 0.573 e. The number of rotatable bonds is 4. The molecule has 1 aliphatic rings. The van der Waals surface area contributed by atoms with Crippen LogP contribution in [0.25, 0.3) is 11.3 Å². The van der Waals surface area contributed by atoms with Crippen LogP contribution in [0.3, 0.4) is 0 Å². The van der Waals surface area contributed by atoms with E-state index < -0.39 is 17.7 Å². The Kier molecular flexibility index (Phi) is 5.48. The fourth-order valence-electron chi connectivity index (χ4n) is 3.09. The third-order valence-corrected chi connectivity index (χ3v) is 4.75. The summed E-state index contributed by atoms with van der Waals surface area (Å²) in [6.07, 6.45) is 0.715. The van der Waals surface area contributed by atoms with E-state index in [1.165, 1.54) is 18.3 Å². The highest BCUT2D eigenvalue weighted by Gasteiger charge is 2.31. The molecule has 0 aliphatic heterocycles. The molecule has 0 saturated heterocycles. The first-order valence-corrected chi connectivity index (χ1v) is 8.86. The van der Waals surface area contributed by atoms with E-state index in [9.17, 15) is 18.3 Å². The molecule has 0 bridgehead atoms. The number of hydrogen-bond donors (Lipinski definition) is 2. The smallest absolute Gasteiger partial charge is 0.404 e. The van der Waals surface area contributed by atoms with Crippen molar-refractivity contribution >= 4 is 17.3 Å². The molecule has 2 heterocycles. The minimum absolute atomic E-state index is 0.148. The fourth-order valence-corrected chi connectivity index (χ4v) is 3.25. The minimum Gasteiger partial charge on any atom is -0.404 e. The van der Waals surface area contributed by atoms with Crippen molar-refractivity contribution in [3.8, 4) is 17.0 Å². The summed E-state index contributed by atoms with van der Waals surface area (Å²) in [5.74, 6) is -0.391. The summed E-state index contributed by atoms with van der Waals surface area (Å²) in [6.45, 7) is 1.83. The van der Waals surface area contributed by atoms with E-state index in [0.717, 1.165) is 19.0 Å². The van der Waals surface area contributed by atoms with Gasteiger partial charge in [0.05, 0.1) is 17.5 Å². The van der Waals surface area contributed by atoms with Gasteiger partial charge in [-0.25, -0.2) is 4.98 Å². The number of ether oxygens (including phenoxy) is 1. The second kappa shape index (κ2) is 7.52. The largest absolute Gasteiger partial charge is 0.573 e. The van der Waals surface area contributed by atoms with Gasteiger partial charge in [-0.3, -0.25) is 4.98 Å². The van der Waals surface area contributed by atoms with Gasteiger partial charge in [-0.1, -0.05) is 11.6 Å².